The van der Waals surface area contributed by atoms with Gasteiger partial charge in [-0.1, -0.05) is 0 Å². The monoisotopic (exact) mass is 308 g/mol. The molecule has 6 heteroatoms. The molecule has 1 aromatic carbocycles. The molecular weight excluding hydrogens is 284 g/mol. The Morgan fingerprint density at radius 3 is 2.55 bits per heavy atom. The van der Waals surface area contributed by atoms with Crippen molar-refractivity contribution in [1.29, 1.82) is 0 Å². The fraction of sp³-hybridized carbons (Fsp3) is 0.500. The quantitative estimate of drug-likeness (QED) is 0.477. The van der Waals surface area contributed by atoms with Crippen LogP contribution in [-0.4, -0.2) is 31.2 Å². The number of methoxy groups -OCH3 is 1. The first-order valence-electron chi connectivity index (χ1n) is 7.16. The number of hydrogen-bond acceptors (Lipinski definition) is 6. The van der Waals surface area contributed by atoms with Crippen LogP contribution in [-0.2, 0) is 14.3 Å². The van der Waals surface area contributed by atoms with E-state index in [2.05, 4.69) is 10.1 Å². The van der Waals surface area contributed by atoms with E-state index < -0.39 is 11.6 Å². The summed E-state index contributed by atoms with van der Waals surface area (Å²) in [6, 6.07) is 4.88. The van der Waals surface area contributed by atoms with E-state index in [0.29, 0.717) is 36.3 Å². The van der Waals surface area contributed by atoms with E-state index in [-0.39, 0.29) is 5.97 Å². The highest BCUT2D eigenvalue weighted by molar-refractivity contribution is 5.91. The minimum Gasteiger partial charge on any atom is -0.465 e. The predicted molar refractivity (Wildman–Crippen MR) is 85.8 cm³/mol. The fourth-order valence-corrected chi connectivity index (χ4v) is 1.80. The van der Waals surface area contributed by atoms with Gasteiger partial charge in [-0.25, -0.2) is 4.79 Å². The van der Waals surface area contributed by atoms with Gasteiger partial charge in [0.1, 0.15) is 5.60 Å². The van der Waals surface area contributed by atoms with Crippen molar-refractivity contribution < 1.29 is 19.1 Å². The molecule has 0 saturated heterocycles. The van der Waals surface area contributed by atoms with Crippen LogP contribution in [0.5, 0.6) is 0 Å². The number of carbonyl (C=O) groups is 2. The smallest absolute Gasteiger partial charge is 0.337 e. The van der Waals surface area contributed by atoms with Crippen molar-refractivity contribution in [3.63, 3.8) is 0 Å². The van der Waals surface area contributed by atoms with Crippen molar-refractivity contribution in [3.8, 4) is 0 Å². The standard InChI is InChI=1S/C16H24N2O4/c1-16(2,3)22-14(19)6-5-9-18-13-10-11(15(20)21-4)7-8-12(13)17/h7-8,10,18H,5-6,9,17H2,1-4H3. The molecule has 0 aliphatic carbocycles. The third-order valence-corrected chi connectivity index (χ3v) is 2.77. The van der Waals surface area contributed by atoms with Gasteiger partial charge in [-0.15, -0.1) is 0 Å². The summed E-state index contributed by atoms with van der Waals surface area (Å²) in [7, 11) is 1.33. The van der Waals surface area contributed by atoms with Gasteiger partial charge in [-0.2, -0.15) is 0 Å². The van der Waals surface area contributed by atoms with Crippen LogP contribution in [0.3, 0.4) is 0 Å². The first-order chi connectivity index (χ1) is 10.2. The van der Waals surface area contributed by atoms with Crippen molar-refractivity contribution >= 4 is 23.3 Å². The highest BCUT2D eigenvalue weighted by atomic mass is 16.6. The van der Waals surface area contributed by atoms with E-state index in [1.54, 1.807) is 18.2 Å². The third kappa shape index (κ3) is 6.03. The van der Waals surface area contributed by atoms with Crippen LogP contribution in [0, 0.1) is 0 Å². The van der Waals surface area contributed by atoms with E-state index in [4.69, 9.17) is 10.5 Å². The van der Waals surface area contributed by atoms with Gasteiger partial charge < -0.3 is 20.5 Å². The molecule has 0 aliphatic heterocycles. The summed E-state index contributed by atoms with van der Waals surface area (Å²) in [6.45, 7) is 6.06. The lowest BCUT2D eigenvalue weighted by Crippen LogP contribution is -2.24. The van der Waals surface area contributed by atoms with E-state index in [0.717, 1.165) is 0 Å². The molecule has 0 atom stereocenters. The van der Waals surface area contributed by atoms with Crippen molar-refractivity contribution in [2.45, 2.75) is 39.2 Å². The molecule has 0 fully saturated rings. The molecule has 6 nitrogen and oxygen atoms in total. The number of esters is 2. The van der Waals surface area contributed by atoms with Gasteiger partial charge in [0.2, 0.25) is 0 Å². The second-order valence-electron chi connectivity index (χ2n) is 5.91. The lowest BCUT2D eigenvalue weighted by molar-refractivity contribution is -0.154. The number of carbonyl (C=O) groups excluding carboxylic acids is 2. The average Bonchev–Trinajstić information content (AvgIpc) is 2.42. The third-order valence-electron chi connectivity index (χ3n) is 2.77. The van der Waals surface area contributed by atoms with Crippen molar-refractivity contribution in [1.82, 2.24) is 0 Å². The zero-order valence-electron chi connectivity index (χ0n) is 13.6. The second-order valence-corrected chi connectivity index (χ2v) is 5.91. The number of benzene rings is 1. The number of anilines is 2. The van der Waals surface area contributed by atoms with Gasteiger partial charge in [0.05, 0.1) is 24.0 Å². The molecule has 0 aromatic heterocycles. The summed E-state index contributed by atoms with van der Waals surface area (Å²) >= 11 is 0. The van der Waals surface area contributed by atoms with Gasteiger partial charge in [-0.05, 0) is 45.4 Å². The molecule has 1 rings (SSSR count). The first kappa shape index (κ1) is 17.8. The van der Waals surface area contributed by atoms with Gasteiger partial charge >= 0.3 is 11.9 Å². The molecule has 1 aromatic rings. The molecule has 122 valence electrons. The minimum atomic E-state index is -0.468. The number of rotatable bonds is 6. The first-order valence-corrected chi connectivity index (χ1v) is 7.16. The van der Waals surface area contributed by atoms with Crippen molar-refractivity contribution in [2.24, 2.45) is 0 Å². The van der Waals surface area contributed by atoms with Crippen LogP contribution in [0.15, 0.2) is 18.2 Å². The fourth-order valence-electron chi connectivity index (χ4n) is 1.80. The molecule has 0 radical (unpaired) electrons. The molecule has 0 bridgehead atoms. The number of nitrogens with one attached hydrogen (secondary N) is 1. The van der Waals surface area contributed by atoms with E-state index >= 15 is 0 Å². The zero-order chi connectivity index (χ0) is 16.8. The largest absolute Gasteiger partial charge is 0.465 e. The number of ether oxygens (including phenoxy) is 2. The summed E-state index contributed by atoms with van der Waals surface area (Å²) in [5.74, 6) is -0.651. The molecule has 0 spiro atoms. The Balaban J connectivity index is 2.48. The molecule has 0 aliphatic rings. The predicted octanol–water partition coefficient (Wildman–Crippen LogP) is 2.59. The number of nitrogen functional groups attached to an aromatic ring is 1. The molecule has 22 heavy (non-hydrogen) atoms. The Hall–Kier alpha value is -2.24. The van der Waals surface area contributed by atoms with Gasteiger partial charge in [0, 0.05) is 13.0 Å². The molecule has 0 amide bonds. The summed E-state index contributed by atoms with van der Waals surface area (Å²) in [5.41, 5.74) is 6.98. The molecule has 0 unspecified atom stereocenters. The van der Waals surface area contributed by atoms with Gasteiger partial charge in [-0.3, -0.25) is 4.79 Å². The SMILES string of the molecule is COC(=O)c1ccc(N)c(NCCCC(=O)OC(C)(C)C)c1. The lowest BCUT2D eigenvalue weighted by Gasteiger charge is -2.19. The van der Waals surface area contributed by atoms with Crippen LogP contribution < -0.4 is 11.1 Å². The summed E-state index contributed by atoms with van der Waals surface area (Å²) < 4.78 is 9.89. The number of nitrogens with two attached hydrogens (primary N) is 1. The van der Waals surface area contributed by atoms with Crippen LogP contribution in [0.25, 0.3) is 0 Å². The van der Waals surface area contributed by atoms with Crippen molar-refractivity contribution in [3.05, 3.63) is 23.8 Å². The Morgan fingerprint density at radius 2 is 1.95 bits per heavy atom. The van der Waals surface area contributed by atoms with E-state index in [9.17, 15) is 9.59 Å². The Kier molecular flexibility index (Phi) is 6.22. The maximum atomic E-state index is 11.6. The van der Waals surface area contributed by atoms with Gasteiger partial charge in [0.25, 0.3) is 0 Å². The summed E-state index contributed by atoms with van der Waals surface area (Å²) in [6.07, 6.45) is 0.928. The Morgan fingerprint density at radius 1 is 1.27 bits per heavy atom. The molecule has 0 heterocycles. The van der Waals surface area contributed by atoms with Crippen LogP contribution in [0.2, 0.25) is 0 Å². The maximum Gasteiger partial charge on any atom is 0.337 e. The second kappa shape index (κ2) is 7.68. The molecule has 0 saturated carbocycles. The van der Waals surface area contributed by atoms with Gasteiger partial charge in [0.15, 0.2) is 0 Å². The normalized spacial score (nSPS) is 10.9. The minimum absolute atomic E-state index is 0.231. The highest BCUT2D eigenvalue weighted by Crippen LogP contribution is 2.20. The van der Waals surface area contributed by atoms with E-state index in [1.807, 2.05) is 20.8 Å². The summed E-state index contributed by atoms with van der Waals surface area (Å²) in [5, 5.41) is 3.11. The highest BCUT2D eigenvalue weighted by Gasteiger charge is 2.15. The topological polar surface area (TPSA) is 90.6 Å². The maximum absolute atomic E-state index is 11.6. The Labute approximate surface area is 131 Å². The number of hydrogen-bond donors (Lipinski definition) is 2. The van der Waals surface area contributed by atoms with Crippen LogP contribution in [0.1, 0.15) is 44.0 Å². The Bertz CT molecular complexity index is 535. The molecule has 3 N–H and O–H groups in total. The lowest BCUT2D eigenvalue weighted by atomic mass is 10.1. The van der Waals surface area contributed by atoms with Crippen LogP contribution in [0.4, 0.5) is 11.4 Å². The van der Waals surface area contributed by atoms with E-state index in [1.165, 1.54) is 7.11 Å². The average molecular weight is 308 g/mol. The van der Waals surface area contributed by atoms with Crippen molar-refractivity contribution in [2.75, 3.05) is 24.7 Å². The molecular formula is C16H24N2O4. The summed E-state index contributed by atoms with van der Waals surface area (Å²) in [4.78, 5) is 23.1. The zero-order valence-corrected chi connectivity index (χ0v) is 13.6. The van der Waals surface area contributed by atoms with Crippen LogP contribution >= 0.6 is 0 Å².